The number of hydrogen-bond acceptors (Lipinski definition) is 4. The molecule has 2 aromatic carbocycles. The number of nitrogen functional groups attached to an aromatic ring is 1. The van der Waals surface area contributed by atoms with Gasteiger partial charge in [-0.25, -0.2) is 4.98 Å². The Morgan fingerprint density at radius 1 is 0.960 bits per heavy atom. The van der Waals surface area contributed by atoms with Gasteiger partial charge in [-0.1, -0.05) is 42.5 Å². The number of fused-ring (bicyclic) bond motifs is 4. The lowest BCUT2D eigenvalue weighted by atomic mass is 10.1. The van der Waals surface area contributed by atoms with Crippen LogP contribution in [0.1, 0.15) is 11.3 Å². The molecular formula is C20H15N5. The molecule has 2 N–H and O–H groups in total. The van der Waals surface area contributed by atoms with Crippen molar-refractivity contribution in [2.75, 3.05) is 5.73 Å². The van der Waals surface area contributed by atoms with Gasteiger partial charge in [-0.2, -0.15) is 9.61 Å². The van der Waals surface area contributed by atoms with Crippen molar-refractivity contribution in [3.05, 3.63) is 78.1 Å². The Bertz CT molecular complexity index is 1230. The van der Waals surface area contributed by atoms with Gasteiger partial charge >= 0.3 is 0 Å². The van der Waals surface area contributed by atoms with Crippen molar-refractivity contribution in [2.24, 2.45) is 0 Å². The lowest BCUT2D eigenvalue weighted by molar-refractivity contribution is 0.905. The molecule has 120 valence electrons. The van der Waals surface area contributed by atoms with Crippen LogP contribution in [0, 0.1) is 0 Å². The summed E-state index contributed by atoms with van der Waals surface area (Å²) in [5.74, 6) is 0.399. The summed E-state index contributed by atoms with van der Waals surface area (Å²) < 4.78 is 1.72. The SMILES string of the molecule is Nc1nc2ccccc2c2cc(Cc3cccc4cccnc34)nn12. The zero-order chi connectivity index (χ0) is 16.8. The van der Waals surface area contributed by atoms with Crippen LogP contribution in [0.5, 0.6) is 0 Å². The third-order valence-corrected chi connectivity index (χ3v) is 4.48. The Morgan fingerprint density at radius 3 is 2.80 bits per heavy atom. The Hall–Kier alpha value is -3.47. The second-order valence-corrected chi connectivity index (χ2v) is 6.09. The number of anilines is 1. The van der Waals surface area contributed by atoms with Crippen LogP contribution in [0.3, 0.4) is 0 Å². The van der Waals surface area contributed by atoms with Gasteiger partial charge in [-0.3, -0.25) is 4.98 Å². The predicted molar refractivity (Wildman–Crippen MR) is 99.5 cm³/mol. The highest BCUT2D eigenvalue weighted by atomic mass is 15.3. The molecule has 0 aliphatic rings. The maximum Gasteiger partial charge on any atom is 0.222 e. The zero-order valence-corrected chi connectivity index (χ0v) is 13.4. The first kappa shape index (κ1) is 13.9. The fraction of sp³-hybridized carbons (Fsp3) is 0.0500. The van der Waals surface area contributed by atoms with Crippen molar-refractivity contribution in [3.8, 4) is 0 Å². The van der Waals surface area contributed by atoms with Gasteiger partial charge in [0.05, 0.1) is 22.2 Å². The minimum atomic E-state index is 0.399. The number of para-hydroxylation sites is 2. The van der Waals surface area contributed by atoms with Crippen LogP contribution in [-0.2, 0) is 6.42 Å². The highest BCUT2D eigenvalue weighted by Gasteiger charge is 2.11. The van der Waals surface area contributed by atoms with E-state index in [1.807, 2.05) is 36.5 Å². The second-order valence-electron chi connectivity index (χ2n) is 6.09. The molecule has 3 heterocycles. The highest BCUT2D eigenvalue weighted by molar-refractivity contribution is 5.94. The molecule has 0 aliphatic carbocycles. The minimum absolute atomic E-state index is 0.399. The molecule has 25 heavy (non-hydrogen) atoms. The maximum absolute atomic E-state index is 6.10. The predicted octanol–water partition coefficient (Wildman–Crippen LogP) is 3.60. The van der Waals surface area contributed by atoms with Gasteiger partial charge in [-0.05, 0) is 23.8 Å². The summed E-state index contributed by atoms with van der Waals surface area (Å²) >= 11 is 0. The van der Waals surface area contributed by atoms with E-state index in [4.69, 9.17) is 5.73 Å². The van der Waals surface area contributed by atoms with E-state index in [2.05, 4.69) is 45.4 Å². The Labute approximate surface area is 143 Å². The second kappa shape index (κ2) is 5.27. The zero-order valence-electron chi connectivity index (χ0n) is 13.4. The maximum atomic E-state index is 6.10. The van der Waals surface area contributed by atoms with Crippen LogP contribution >= 0.6 is 0 Å². The van der Waals surface area contributed by atoms with Crippen LogP contribution in [0.15, 0.2) is 66.9 Å². The molecule has 3 aromatic heterocycles. The first-order valence-electron chi connectivity index (χ1n) is 8.15. The van der Waals surface area contributed by atoms with E-state index in [1.54, 1.807) is 4.52 Å². The van der Waals surface area contributed by atoms with Crippen LogP contribution in [-0.4, -0.2) is 19.6 Å². The molecule has 0 aliphatic heterocycles. The van der Waals surface area contributed by atoms with E-state index in [1.165, 1.54) is 0 Å². The summed E-state index contributed by atoms with van der Waals surface area (Å²) in [6.45, 7) is 0. The summed E-state index contributed by atoms with van der Waals surface area (Å²) in [4.78, 5) is 8.97. The molecule has 0 atom stereocenters. The van der Waals surface area contributed by atoms with Crippen molar-refractivity contribution in [3.63, 3.8) is 0 Å². The number of aromatic nitrogens is 4. The summed E-state index contributed by atoms with van der Waals surface area (Å²) in [5.41, 5.74) is 11.1. The highest BCUT2D eigenvalue weighted by Crippen LogP contribution is 2.24. The summed E-state index contributed by atoms with van der Waals surface area (Å²) in [5, 5.41) is 6.85. The number of rotatable bonds is 2. The fourth-order valence-electron chi connectivity index (χ4n) is 3.35. The third-order valence-electron chi connectivity index (χ3n) is 4.48. The molecule has 5 rings (SSSR count). The van der Waals surface area contributed by atoms with Crippen molar-refractivity contribution in [2.45, 2.75) is 6.42 Å². The number of nitrogens with zero attached hydrogens (tertiary/aromatic N) is 4. The number of pyridine rings is 1. The van der Waals surface area contributed by atoms with E-state index in [0.29, 0.717) is 12.4 Å². The molecule has 5 heteroatoms. The topological polar surface area (TPSA) is 69.1 Å². The van der Waals surface area contributed by atoms with Gasteiger partial charge in [0, 0.05) is 23.4 Å². The Kier molecular flexibility index (Phi) is 2.94. The van der Waals surface area contributed by atoms with E-state index in [9.17, 15) is 0 Å². The van der Waals surface area contributed by atoms with E-state index < -0.39 is 0 Å². The third kappa shape index (κ3) is 2.21. The van der Waals surface area contributed by atoms with Crippen LogP contribution < -0.4 is 5.73 Å². The molecule has 0 saturated carbocycles. The van der Waals surface area contributed by atoms with E-state index in [0.717, 1.165) is 38.6 Å². The van der Waals surface area contributed by atoms with Gasteiger partial charge in [0.25, 0.3) is 0 Å². The fourth-order valence-corrected chi connectivity index (χ4v) is 3.35. The van der Waals surface area contributed by atoms with E-state index in [-0.39, 0.29) is 0 Å². The average Bonchev–Trinajstić information content (AvgIpc) is 3.07. The lowest BCUT2D eigenvalue weighted by Gasteiger charge is -2.03. The number of benzene rings is 2. The largest absolute Gasteiger partial charge is 0.368 e. The summed E-state index contributed by atoms with van der Waals surface area (Å²) in [7, 11) is 0. The molecule has 0 unspecified atom stereocenters. The van der Waals surface area contributed by atoms with Gasteiger partial charge in [0.2, 0.25) is 5.95 Å². The van der Waals surface area contributed by atoms with Gasteiger partial charge in [0.15, 0.2) is 0 Å². The van der Waals surface area contributed by atoms with Crippen LogP contribution in [0.4, 0.5) is 5.95 Å². The van der Waals surface area contributed by atoms with Crippen LogP contribution in [0.25, 0.3) is 27.3 Å². The molecule has 5 aromatic rings. The van der Waals surface area contributed by atoms with E-state index >= 15 is 0 Å². The molecule has 0 radical (unpaired) electrons. The van der Waals surface area contributed by atoms with Crippen molar-refractivity contribution >= 4 is 33.3 Å². The Balaban J connectivity index is 1.68. The quantitative estimate of drug-likeness (QED) is 0.538. The first-order valence-corrected chi connectivity index (χ1v) is 8.15. The standard InChI is InChI=1S/C20H15N5/c21-20-23-17-9-2-1-8-16(17)18-12-15(24-25(18)20)11-14-6-3-5-13-7-4-10-22-19(13)14/h1-10,12H,11H2,(H2,21,23). The average molecular weight is 325 g/mol. The summed E-state index contributed by atoms with van der Waals surface area (Å²) in [6, 6.07) is 20.3. The molecule has 5 nitrogen and oxygen atoms in total. The minimum Gasteiger partial charge on any atom is -0.368 e. The normalized spacial score (nSPS) is 11.5. The van der Waals surface area contributed by atoms with Gasteiger partial charge in [0.1, 0.15) is 0 Å². The van der Waals surface area contributed by atoms with Crippen molar-refractivity contribution in [1.82, 2.24) is 19.6 Å². The molecular weight excluding hydrogens is 310 g/mol. The van der Waals surface area contributed by atoms with Crippen LogP contribution in [0.2, 0.25) is 0 Å². The molecule has 0 spiro atoms. The lowest BCUT2D eigenvalue weighted by Crippen LogP contribution is -2.02. The van der Waals surface area contributed by atoms with Gasteiger partial charge in [-0.15, -0.1) is 0 Å². The molecule has 0 amide bonds. The first-order chi connectivity index (χ1) is 12.3. The molecule has 0 fully saturated rings. The molecule has 0 saturated heterocycles. The number of hydrogen-bond donors (Lipinski definition) is 1. The number of nitrogens with two attached hydrogens (primary N) is 1. The van der Waals surface area contributed by atoms with Crippen molar-refractivity contribution < 1.29 is 0 Å². The Morgan fingerprint density at radius 2 is 1.84 bits per heavy atom. The summed E-state index contributed by atoms with van der Waals surface area (Å²) in [6.07, 6.45) is 2.52. The monoisotopic (exact) mass is 325 g/mol. The van der Waals surface area contributed by atoms with Crippen molar-refractivity contribution in [1.29, 1.82) is 0 Å². The van der Waals surface area contributed by atoms with Gasteiger partial charge < -0.3 is 5.73 Å². The molecule has 0 bridgehead atoms. The smallest absolute Gasteiger partial charge is 0.222 e.